The van der Waals surface area contributed by atoms with Crippen molar-refractivity contribution >= 4 is 5.78 Å². The van der Waals surface area contributed by atoms with Gasteiger partial charge in [-0.25, -0.2) is 0 Å². The van der Waals surface area contributed by atoms with Crippen molar-refractivity contribution in [2.75, 3.05) is 0 Å². The summed E-state index contributed by atoms with van der Waals surface area (Å²) in [6.45, 7) is 2.24. The van der Waals surface area contributed by atoms with Crippen LogP contribution in [0.4, 0.5) is 0 Å². The van der Waals surface area contributed by atoms with Crippen LogP contribution in [-0.2, 0) is 4.79 Å². The molecule has 4 atom stereocenters. The standard InChI is InChI=1S/C18H32O2/c1-2-3-4-5-6-8-11-14-15-12-9-7-10-13-16(17(14)19)18(15)20/h14-17,19H,2-13H2,1H3/t14-,15-,16+,17-/m0/s1. The minimum absolute atomic E-state index is 0.0228. The zero-order valence-electron chi connectivity index (χ0n) is 13.2. The molecule has 2 heteroatoms. The van der Waals surface area contributed by atoms with Crippen LogP contribution in [0.25, 0.3) is 0 Å². The molecule has 0 radical (unpaired) electrons. The van der Waals surface area contributed by atoms with Crippen LogP contribution in [0, 0.1) is 17.8 Å². The van der Waals surface area contributed by atoms with Crippen molar-refractivity contribution in [2.24, 2.45) is 17.8 Å². The van der Waals surface area contributed by atoms with Gasteiger partial charge >= 0.3 is 0 Å². The minimum Gasteiger partial charge on any atom is -0.392 e. The van der Waals surface area contributed by atoms with Crippen LogP contribution in [0.1, 0.15) is 84.0 Å². The number of rotatable bonds is 7. The van der Waals surface area contributed by atoms with Gasteiger partial charge in [0.25, 0.3) is 0 Å². The van der Waals surface area contributed by atoms with Gasteiger partial charge in [0, 0.05) is 11.8 Å². The molecule has 2 aliphatic carbocycles. The molecule has 0 aromatic rings. The van der Waals surface area contributed by atoms with Gasteiger partial charge < -0.3 is 5.11 Å². The first kappa shape index (κ1) is 16.0. The third-order valence-electron chi connectivity index (χ3n) is 5.52. The second-order valence-corrected chi connectivity index (χ2v) is 6.96. The number of ketones is 1. The van der Waals surface area contributed by atoms with Crippen molar-refractivity contribution in [3.63, 3.8) is 0 Å². The second-order valence-electron chi connectivity index (χ2n) is 6.96. The van der Waals surface area contributed by atoms with Crippen molar-refractivity contribution in [3.05, 3.63) is 0 Å². The number of hydrogen-bond donors (Lipinski definition) is 1. The summed E-state index contributed by atoms with van der Waals surface area (Å²) in [6, 6.07) is 0. The van der Waals surface area contributed by atoms with Gasteiger partial charge in [-0.05, 0) is 25.2 Å². The predicted molar refractivity (Wildman–Crippen MR) is 82.6 cm³/mol. The molecule has 2 aliphatic rings. The smallest absolute Gasteiger partial charge is 0.142 e. The molecule has 2 nitrogen and oxygen atoms in total. The van der Waals surface area contributed by atoms with Crippen LogP contribution in [0.3, 0.4) is 0 Å². The molecule has 2 bridgehead atoms. The molecule has 0 amide bonds. The number of unbranched alkanes of at least 4 members (excludes halogenated alkanes) is 5. The van der Waals surface area contributed by atoms with Gasteiger partial charge in [0.2, 0.25) is 0 Å². The van der Waals surface area contributed by atoms with Gasteiger partial charge in [0.1, 0.15) is 5.78 Å². The number of carbonyl (C=O) groups is 1. The van der Waals surface area contributed by atoms with Crippen molar-refractivity contribution in [1.29, 1.82) is 0 Å². The van der Waals surface area contributed by atoms with E-state index in [1.807, 2.05) is 0 Å². The molecule has 20 heavy (non-hydrogen) atoms. The second kappa shape index (κ2) is 8.17. The zero-order chi connectivity index (χ0) is 14.4. The average Bonchev–Trinajstić information content (AvgIpc) is 2.69. The highest BCUT2D eigenvalue weighted by molar-refractivity contribution is 5.86. The van der Waals surface area contributed by atoms with Gasteiger partial charge in [-0.1, -0.05) is 64.7 Å². The van der Waals surface area contributed by atoms with E-state index in [2.05, 4.69) is 6.92 Å². The molecule has 0 unspecified atom stereocenters. The molecule has 116 valence electrons. The molecule has 2 rings (SSSR count). The van der Waals surface area contributed by atoms with Crippen molar-refractivity contribution in [3.8, 4) is 0 Å². The van der Waals surface area contributed by atoms with E-state index in [0.717, 1.165) is 25.7 Å². The fraction of sp³-hybridized carbons (Fsp3) is 0.944. The highest BCUT2D eigenvalue weighted by Crippen LogP contribution is 2.43. The van der Waals surface area contributed by atoms with Gasteiger partial charge in [0.15, 0.2) is 0 Å². The zero-order valence-corrected chi connectivity index (χ0v) is 13.2. The van der Waals surface area contributed by atoms with E-state index in [1.165, 1.54) is 51.4 Å². The van der Waals surface area contributed by atoms with Crippen LogP contribution in [0.5, 0.6) is 0 Å². The summed E-state index contributed by atoms with van der Waals surface area (Å²) in [5.74, 6) is 0.835. The fourth-order valence-corrected chi connectivity index (χ4v) is 4.30. The van der Waals surface area contributed by atoms with E-state index < -0.39 is 0 Å². The number of fused-ring (bicyclic) bond motifs is 2. The van der Waals surface area contributed by atoms with Crippen molar-refractivity contribution in [1.82, 2.24) is 0 Å². The molecule has 0 aromatic heterocycles. The first-order valence-electron chi connectivity index (χ1n) is 8.97. The van der Waals surface area contributed by atoms with Gasteiger partial charge in [-0.2, -0.15) is 0 Å². The van der Waals surface area contributed by atoms with Gasteiger partial charge in [-0.3, -0.25) is 4.79 Å². The summed E-state index contributed by atoms with van der Waals surface area (Å²) >= 11 is 0. The normalized spacial score (nSPS) is 34.0. The maximum atomic E-state index is 12.4. The monoisotopic (exact) mass is 280 g/mol. The van der Waals surface area contributed by atoms with E-state index in [4.69, 9.17) is 0 Å². The Hall–Kier alpha value is -0.370. The van der Waals surface area contributed by atoms with Crippen molar-refractivity contribution < 1.29 is 9.90 Å². The lowest BCUT2D eigenvalue weighted by Crippen LogP contribution is -2.23. The number of Topliss-reactive ketones (excluding diaryl/α,β-unsaturated/α-hetero) is 1. The first-order chi connectivity index (χ1) is 9.75. The maximum absolute atomic E-state index is 12.4. The SMILES string of the molecule is CCCCCCCC[C@@H]1[C@H](O)[C@H]2CCCCC[C@@H]1C2=O. The summed E-state index contributed by atoms with van der Waals surface area (Å²) in [7, 11) is 0. The fourth-order valence-electron chi connectivity index (χ4n) is 4.30. The first-order valence-corrected chi connectivity index (χ1v) is 8.97. The Morgan fingerprint density at radius 1 is 0.950 bits per heavy atom. The highest BCUT2D eigenvalue weighted by atomic mass is 16.3. The summed E-state index contributed by atoms with van der Waals surface area (Å²) < 4.78 is 0. The van der Waals surface area contributed by atoms with Crippen LogP contribution in [0.2, 0.25) is 0 Å². The van der Waals surface area contributed by atoms with Crippen LogP contribution >= 0.6 is 0 Å². The topological polar surface area (TPSA) is 37.3 Å². The third-order valence-corrected chi connectivity index (χ3v) is 5.52. The number of hydrogen-bond acceptors (Lipinski definition) is 2. The average molecular weight is 280 g/mol. The van der Waals surface area contributed by atoms with E-state index in [0.29, 0.717) is 5.78 Å². The summed E-state index contributed by atoms with van der Waals surface area (Å²) in [4.78, 5) is 12.4. The quantitative estimate of drug-likeness (QED) is 0.697. The molecule has 2 fully saturated rings. The lowest BCUT2D eigenvalue weighted by Gasteiger charge is -2.20. The van der Waals surface area contributed by atoms with Crippen LogP contribution in [0.15, 0.2) is 0 Å². The Morgan fingerprint density at radius 3 is 2.35 bits per heavy atom. The largest absolute Gasteiger partial charge is 0.392 e. The lowest BCUT2D eigenvalue weighted by atomic mass is 9.85. The van der Waals surface area contributed by atoms with Crippen LogP contribution < -0.4 is 0 Å². The van der Waals surface area contributed by atoms with Crippen LogP contribution in [-0.4, -0.2) is 17.0 Å². The molecule has 0 heterocycles. The summed E-state index contributed by atoms with van der Waals surface area (Å²) in [6.07, 6.45) is 14.0. The summed E-state index contributed by atoms with van der Waals surface area (Å²) in [5.41, 5.74) is 0. The third kappa shape index (κ3) is 3.84. The molecule has 0 aliphatic heterocycles. The molecule has 1 N–H and O–H groups in total. The van der Waals surface area contributed by atoms with Gasteiger partial charge in [-0.15, -0.1) is 0 Å². The Balaban J connectivity index is 1.79. The predicted octanol–water partition coefficient (Wildman–Crippen LogP) is 4.49. The number of aliphatic hydroxyl groups excluding tert-OH is 1. The lowest BCUT2D eigenvalue weighted by molar-refractivity contribution is -0.125. The Kier molecular flexibility index (Phi) is 6.54. The molecule has 0 saturated heterocycles. The number of carbonyl (C=O) groups excluding carboxylic acids is 1. The Labute approximate surface area is 124 Å². The minimum atomic E-state index is -0.332. The summed E-state index contributed by atoms with van der Waals surface area (Å²) in [5, 5.41) is 10.5. The Bertz CT molecular complexity index is 300. The van der Waals surface area contributed by atoms with Crippen molar-refractivity contribution in [2.45, 2.75) is 90.1 Å². The molecular formula is C18H32O2. The molecule has 0 spiro atoms. The number of aliphatic hydroxyl groups is 1. The van der Waals surface area contributed by atoms with E-state index in [-0.39, 0.29) is 23.9 Å². The Morgan fingerprint density at radius 2 is 1.60 bits per heavy atom. The molecule has 0 aromatic carbocycles. The molecular weight excluding hydrogens is 248 g/mol. The van der Waals surface area contributed by atoms with E-state index in [9.17, 15) is 9.90 Å². The van der Waals surface area contributed by atoms with E-state index in [1.54, 1.807) is 0 Å². The maximum Gasteiger partial charge on any atom is 0.142 e. The molecule has 2 saturated carbocycles. The van der Waals surface area contributed by atoms with Gasteiger partial charge in [0.05, 0.1) is 6.10 Å². The van der Waals surface area contributed by atoms with E-state index >= 15 is 0 Å². The highest BCUT2D eigenvalue weighted by Gasteiger charge is 2.48.